The molecule has 1 aliphatic rings. The van der Waals surface area contributed by atoms with Crippen molar-refractivity contribution in [1.82, 2.24) is 19.8 Å². The largest absolute Gasteiger partial charge is 0.348 e. The normalized spacial score (nSPS) is 21.0. The molecule has 1 amide bonds. The summed E-state index contributed by atoms with van der Waals surface area (Å²) >= 11 is 0. The Kier molecular flexibility index (Phi) is 4.31. The zero-order valence-corrected chi connectivity index (χ0v) is 11.8. The van der Waals surface area contributed by atoms with Crippen molar-refractivity contribution < 1.29 is 4.79 Å². The Bertz CT molecular complexity index is 422. The maximum atomic E-state index is 12.2. The fourth-order valence-corrected chi connectivity index (χ4v) is 2.33. The number of rotatable bonds is 2. The Morgan fingerprint density at radius 3 is 2.58 bits per heavy atom. The second kappa shape index (κ2) is 5.97. The molecule has 19 heavy (non-hydrogen) atoms. The molecule has 1 aromatic rings. The third-order valence-electron chi connectivity index (χ3n) is 3.35. The molecule has 6 heteroatoms. The summed E-state index contributed by atoms with van der Waals surface area (Å²) in [6.45, 7) is 3.21. The van der Waals surface area contributed by atoms with E-state index in [-0.39, 0.29) is 11.8 Å². The molecular formula is C13H21N5O. The molecule has 2 rings (SSSR count). The van der Waals surface area contributed by atoms with Gasteiger partial charge in [-0.2, -0.15) is 0 Å². The molecule has 0 spiro atoms. The molecule has 0 aliphatic carbocycles. The van der Waals surface area contributed by atoms with E-state index in [0.29, 0.717) is 12.5 Å². The van der Waals surface area contributed by atoms with Crippen LogP contribution in [0.4, 0.5) is 5.95 Å². The molecule has 1 atom stereocenters. The fraction of sp³-hybridized carbons (Fsp3) is 0.615. The van der Waals surface area contributed by atoms with Crippen molar-refractivity contribution in [3.63, 3.8) is 0 Å². The van der Waals surface area contributed by atoms with Crippen molar-refractivity contribution >= 4 is 11.9 Å². The first-order valence-corrected chi connectivity index (χ1v) is 6.49. The van der Waals surface area contributed by atoms with Crippen LogP contribution >= 0.6 is 0 Å². The zero-order chi connectivity index (χ0) is 13.8. The molecule has 1 unspecified atom stereocenters. The highest BCUT2D eigenvalue weighted by atomic mass is 16.2. The quantitative estimate of drug-likeness (QED) is 0.748. The zero-order valence-electron chi connectivity index (χ0n) is 11.8. The Morgan fingerprint density at radius 1 is 1.26 bits per heavy atom. The summed E-state index contributed by atoms with van der Waals surface area (Å²) in [5.74, 6) is 0.829. The maximum Gasteiger partial charge on any atom is 0.228 e. The van der Waals surface area contributed by atoms with Crippen LogP contribution in [0.15, 0.2) is 18.5 Å². The number of hydrogen-bond donors (Lipinski definition) is 0. The van der Waals surface area contributed by atoms with E-state index in [1.54, 1.807) is 37.5 Å². The topological polar surface area (TPSA) is 52.6 Å². The van der Waals surface area contributed by atoms with Gasteiger partial charge in [0.2, 0.25) is 11.9 Å². The van der Waals surface area contributed by atoms with Gasteiger partial charge < -0.3 is 14.7 Å². The average molecular weight is 263 g/mol. The minimum atomic E-state index is -0.0358. The van der Waals surface area contributed by atoms with Crippen molar-refractivity contribution in [2.45, 2.75) is 0 Å². The third kappa shape index (κ3) is 3.41. The molecule has 0 aromatic carbocycles. The van der Waals surface area contributed by atoms with Gasteiger partial charge in [-0.05, 0) is 13.1 Å². The van der Waals surface area contributed by atoms with Crippen LogP contribution in [0.5, 0.6) is 0 Å². The second-order valence-electron chi connectivity index (χ2n) is 5.19. The van der Waals surface area contributed by atoms with Crippen molar-refractivity contribution in [2.24, 2.45) is 5.92 Å². The molecule has 104 valence electrons. The van der Waals surface area contributed by atoms with Crippen LogP contribution in [0, 0.1) is 5.92 Å². The van der Waals surface area contributed by atoms with Gasteiger partial charge in [-0.25, -0.2) is 9.97 Å². The number of carbonyl (C=O) groups excluding carboxylic acids is 1. The Hall–Kier alpha value is -1.69. The summed E-state index contributed by atoms with van der Waals surface area (Å²) in [6.07, 6.45) is 3.47. The predicted octanol–water partition coefficient (Wildman–Crippen LogP) is -0.0672. The first-order chi connectivity index (χ1) is 9.08. The second-order valence-corrected chi connectivity index (χ2v) is 5.19. The van der Waals surface area contributed by atoms with Crippen LogP contribution in [-0.2, 0) is 4.79 Å². The molecule has 1 aromatic heterocycles. The molecule has 1 fully saturated rings. The van der Waals surface area contributed by atoms with Gasteiger partial charge in [0, 0.05) is 52.7 Å². The van der Waals surface area contributed by atoms with Gasteiger partial charge in [0.15, 0.2) is 0 Å². The summed E-state index contributed by atoms with van der Waals surface area (Å²) in [5, 5.41) is 0. The van der Waals surface area contributed by atoms with E-state index in [2.05, 4.69) is 19.8 Å². The predicted molar refractivity (Wildman–Crippen MR) is 73.9 cm³/mol. The first kappa shape index (κ1) is 13.7. The van der Waals surface area contributed by atoms with E-state index < -0.39 is 0 Å². The lowest BCUT2D eigenvalue weighted by atomic mass is 10.1. The van der Waals surface area contributed by atoms with E-state index in [9.17, 15) is 4.79 Å². The Labute approximate surface area is 114 Å². The van der Waals surface area contributed by atoms with Crippen LogP contribution in [0.1, 0.15) is 0 Å². The lowest BCUT2D eigenvalue weighted by molar-refractivity contribution is -0.133. The summed E-state index contributed by atoms with van der Waals surface area (Å²) in [5.41, 5.74) is 0. The SMILES string of the molecule is CN1CCN(c2ncccn2)CC(C(=O)N(C)C)C1. The van der Waals surface area contributed by atoms with E-state index in [0.717, 1.165) is 19.6 Å². The monoisotopic (exact) mass is 263 g/mol. The first-order valence-electron chi connectivity index (χ1n) is 6.49. The van der Waals surface area contributed by atoms with E-state index in [1.165, 1.54) is 0 Å². The fourth-order valence-electron chi connectivity index (χ4n) is 2.33. The minimum Gasteiger partial charge on any atom is -0.348 e. The average Bonchev–Trinajstić information content (AvgIpc) is 2.61. The number of nitrogens with zero attached hydrogens (tertiary/aromatic N) is 5. The van der Waals surface area contributed by atoms with Gasteiger partial charge in [-0.15, -0.1) is 0 Å². The number of hydrogen-bond acceptors (Lipinski definition) is 5. The Morgan fingerprint density at radius 2 is 1.95 bits per heavy atom. The van der Waals surface area contributed by atoms with Gasteiger partial charge in [-0.1, -0.05) is 0 Å². The molecule has 1 aliphatic heterocycles. The number of anilines is 1. The lowest BCUT2D eigenvalue weighted by Crippen LogP contribution is -2.40. The highest BCUT2D eigenvalue weighted by Gasteiger charge is 2.28. The highest BCUT2D eigenvalue weighted by molar-refractivity contribution is 5.79. The highest BCUT2D eigenvalue weighted by Crippen LogP contribution is 2.15. The third-order valence-corrected chi connectivity index (χ3v) is 3.35. The summed E-state index contributed by atoms with van der Waals surface area (Å²) in [6, 6.07) is 1.80. The van der Waals surface area contributed by atoms with Crippen LogP contribution < -0.4 is 4.90 Å². The molecule has 0 saturated carbocycles. The van der Waals surface area contributed by atoms with Crippen LogP contribution in [-0.4, -0.2) is 73.0 Å². The smallest absolute Gasteiger partial charge is 0.228 e. The Balaban J connectivity index is 2.16. The number of aromatic nitrogens is 2. The van der Waals surface area contributed by atoms with Gasteiger partial charge in [0.1, 0.15) is 0 Å². The summed E-state index contributed by atoms with van der Waals surface area (Å²) < 4.78 is 0. The molecule has 2 heterocycles. The van der Waals surface area contributed by atoms with Crippen molar-refractivity contribution in [2.75, 3.05) is 52.2 Å². The number of likely N-dealkylation sites (N-methyl/N-ethyl adjacent to an activating group) is 1. The van der Waals surface area contributed by atoms with Crippen molar-refractivity contribution in [3.05, 3.63) is 18.5 Å². The maximum absolute atomic E-state index is 12.2. The van der Waals surface area contributed by atoms with E-state index in [4.69, 9.17) is 0 Å². The number of carbonyl (C=O) groups is 1. The molecule has 6 nitrogen and oxygen atoms in total. The minimum absolute atomic E-state index is 0.0358. The standard InChI is InChI=1S/C13H21N5O/c1-16(2)12(19)11-9-17(3)7-8-18(10-11)13-14-5-4-6-15-13/h4-6,11H,7-10H2,1-3H3. The molecule has 0 bridgehead atoms. The summed E-state index contributed by atoms with van der Waals surface area (Å²) in [4.78, 5) is 26.7. The lowest BCUT2D eigenvalue weighted by Gasteiger charge is -2.25. The van der Waals surface area contributed by atoms with Gasteiger partial charge >= 0.3 is 0 Å². The van der Waals surface area contributed by atoms with Gasteiger partial charge in [0.25, 0.3) is 0 Å². The number of amides is 1. The van der Waals surface area contributed by atoms with Gasteiger partial charge in [-0.3, -0.25) is 4.79 Å². The van der Waals surface area contributed by atoms with Crippen molar-refractivity contribution in [3.8, 4) is 0 Å². The van der Waals surface area contributed by atoms with E-state index >= 15 is 0 Å². The summed E-state index contributed by atoms with van der Waals surface area (Å²) in [7, 11) is 5.65. The van der Waals surface area contributed by atoms with Crippen LogP contribution in [0.2, 0.25) is 0 Å². The van der Waals surface area contributed by atoms with Crippen LogP contribution in [0.25, 0.3) is 0 Å². The molecule has 1 saturated heterocycles. The molecule has 0 N–H and O–H groups in total. The molecular weight excluding hydrogens is 242 g/mol. The van der Waals surface area contributed by atoms with Crippen LogP contribution in [0.3, 0.4) is 0 Å². The van der Waals surface area contributed by atoms with Crippen molar-refractivity contribution in [1.29, 1.82) is 0 Å². The van der Waals surface area contributed by atoms with E-state index in [1.807, 2.05) is 7.05 Å². The molecule has 0 radical (unpaired) electrons. The van der Waals surface area contributed by atoms with Gasteiger partial charge in [0.05, 0.1) is 5.92 Å².